The molecule has 6 nitrogen and oxygen atoms in total. The number of aromatic nitrogens is 2. The van der Waals surface area contributed by atoms with E-state index >= 15 is 0 Å². The van der Waals surface area contributed by atoms with Crippen LogP contribution in [0.15, 0.2) is 12.3 Å². The molecule has 1 atom stereocenters. The quantitative estimate of drug-likeness (QED) is 0.863. The van der Waals surface area contributed by atoms with Crippen molar-refractivity contribution >= 4 is 11.9 Å². The van der Waals surface area contributed by atoms with Crippen LogP contribution >= 0.6 is 0 Å². The fourth-order valence-electron chi connectivity index (χ4n) is 2.18. The molecule has 1 saturated heterocycles. The van der Waals surface area contributed by atoms with Crippen molar-refractivity contribution in [1.29, 1.82) is 0 Å². The van der Waals surface area contributed by atoms with Crippen molar-refractivity contribution in [3.05, 3.63) is 18.0 Å². The molecule has 1 unspecified atom stereocenters. The summed E-state index contributed by atoms with van der Waals surface area (Å²) in [5, 5.41) is 13.1. The Kier molecular flexibility index (Phi) is 3.64. The molecule has 2 heterocycles. The van der Waals surface area contributed by atoms with E-state index in [1.165, 1.54) is 0 Å². The first-order valence-electron chi connectivity index (χ1n) is 6.17. The maximum absolute atomic E-state index is 12.2. The van der Waals surface area contributed by atoms with Gasteiger partial charge in [-0.25, -0.2) is 0 Å². The van der Waals surface area contributed by atoms with Crippen LogP contribution in [0.5, 0.6) is 0 Å². The second-order valence-electron chi connectivity index (χ2n) is 4.49. The Hall–Kier alpha value is -1.85. The molecule has 1 aliphatic heterocycles. The second-order valence-corrected chi connectivity index (χ2v) is 4.49. The number of aliphatic carboxylic acids is 1. The smallest absolute Gasteiger partial charge is 0.308 e. The van der Waals surface area contributed by atoms with E-state index in [9.17, 15) is 9.59 Å². The van der Waals surface area contributed by atoms with Gasteiger partial charge in [0.1, 0.15) is 5.69 Å². The minimum Gasteiger partial charge on any atom is -0.481 e. The molecule has 1 aromatic rings. The number of hydrogen-bond acceptors (Lipinski definition) is 3. The van der Waals surface area contributed by atoms with Gasteiger partial charge >= 0.3 is 5.97 Å². The Balaban J connectivity index is 2.06. The highest BCUT2D eigenvalue weighted by atomic mass is 16.4. The van der Waals surface area contributed by atoms with Gasteiger partial charge in [-0.2, -0.15) is 5.10 Å². The first-order valence-corrected chi connectivity index (χ1v) is 6.17. The van der Waals surface area contributed by atoms with Gasteiger partial charge in [-0.05, 0) is 25.8 Å². The number of nitrogens with zero attached hydrogens (tertiary/aromatic N) is 3. The van der Waals surface area contributed by atoms with Crippen molar-refractivity contribution in [2.75, 3.05) is 13.1 Å². The lowest BCUT2D eigenvalue weighted by Crippen LogP contribution is -2.42. The molecular formula is C12H17N3O3. The minimum absolute atomic E-state index is 0.173. The molecule has 0 bridgehead atoms. The van der Waals surface area contributed by atoms with Gasteiger partial charge in [-0.15, -0.1) is 0 Å². The number of carbonyl (C=O) groups excluding carboxylic acids is 1. The van der Waals surface area contributed by atoms with Crippen LogP contribution in [0.25, 0.3) is 0 Å². The summed E-state index contributed by atoms with van der Waals surface area (Å²) in [7, 11) is 0. The Labute approximate surface area is 105 Å². The summed E-state index contributed by atoms with van der Waals surface area (Å²) in [6.45, 7) is 3.56. The van der Waals surface area contributed by atoms with E-state index < -0.39 is 11.9 Å². The number of piperidine rings is 1. The zero-order valence-electron chi connectivity index (χ0n) is 10.4. The molecule has 2 rings (SSSR count). The highest BCUT2D eigenvalue weighted by Crippen LogP contribution is 2.18. The van der Waals surface area contributed by atoms with Crippen LogP contribution in [-0.2, 0) is 11.3 Å². The fraction of sp³-hybridized carbons (Fsp3) is 0.583. The number of carboxylic acids is 1. The molecule has 1 amide bonds. The van der Waals surface area contributed by atoms with E-state index in [1.54, 1.807) is 21.8 Å². The minimum atomic E-state index is -0.827. The van der Waals surface area contributed by atoms with Gasteiger partial charge in [0, 0.05) is 25.8 Å². The van der Waals surface area contributed by atoms with Crippen LogP contribution in [-0.4, -0.2) is 44.8 Å². The highest BCUT2D eigenvalue weighted by Gasteiger charge is 2.29. The van der Waals surface area contributed by atoms with Gasteiger partial charge in [-0.3, -0.25) is 14.3 Å². The van der Waals surface area contributed by atoms with Crippen LogP contribution in [0, 0.1) is 5.92 Å². The molecule has 0 saturated carbocycles. The van der Waals surface area contributed by atoms with E-state index in [0.29, 0.717) is 25.2 Å². The standard InChI is InChI=1S/C12H17N3O3/c1-2-15-7-5-10(13-15)11(16)14-6-3-4-9(8-14)12(17)18/h5,7,9H,2-4,6,8H2,1H3,(H,17,18). The lowest BCUT2D eigenvalue weighted by molar-refractivity contribution is -0.143. The van der Waals surface area contributed by atoms with E-state index in [-0.39, 0.29) is 12.5 Å². The molecule has 1 N–H and O–H groups in total. The van der Waals surface area contributed by atoms with Crippen LogP contribution < -0.4 is 0 Å². The summed E-state index contributed by atoms with van der Waals surface area (Å²) in [5.41, 5.74) is 0.392. The molecule has 1 fully saturated rings. The Morgan fingerprint density at radius 3 is 2.94 bits per heavy atom. The number of rotatable bonds is 3. The number of carboxylic acid groups (broad SMARTS) is 1. The maximum atomic E-state index is 12.2. The van der Waals surface area contributed by atoms with Gasteiger partial charge in [0.05, 0.1) is 5.92 Å². The van der Waals surface area contributed by atoms with Crippen molar-refractivity contribution in [3.63, 3.8) is 0 Å². The first-order chi connectivity index (χ1) is 8.61. The summed E-state index contributed by atoms with van der Waals surface area (Å²) in [5.74, 6) is -1.45. The number of amides is 1. The zero-order chi connectivity index (χ0) is 13.1. The predicted molar refractivity (Wildman–Crippen MR) is 64.2 cm³/mol. The molecule has 98 valence electrons. The average Bonchev–Trinajstić information content (AvgIpc) is 2.86. The topological polar surface area (TPSA) is 75.4 Å². The molecule has 1 aromatic heterocycles. The number of aryl methyl sites for hydroxylation is 1. The molecular weight excluding hydrogens is 234 g/mol. The average molecular weight is 251 g/mol. The van der Waals surface area contributed by atoms with Gasteiger partial charge in [0.2, 0.25) is 0 Å². The van der Waals surface area contributed by atoms with E-state index in [1.807, 2.05) is 6.92 Å². The third-order valence-electron chi connectivity index (χ3n) is 3.24. The molecule has 0 radical (unpaired) electrons. The van der Waals surface area contributed by atoms with Crippen LogP contribution in [0.1, 0.15) is 30.3 Å². The Morgan fingerprint density at radius 1 is 1.56 bits per heavy atom. The van der Waals surface area contributed by atoms with Gasteiger partial charge in [-0.1, -0.05) is 0 Å². The van der Waals surface area contributed by atoms with Crippen molar-refractivity contribution in [2.24, 2.45) is 5.92 Å². The highest BCUT2D eigenvalue weighted by molar-refractivity contribution is 5.92. The van der Waals surface area contributed by atoms with Crippen molar-refractivity contribution in [1.82, 2.24) is 14.7 Å². The summed E-state index contributed by atoms with van der Waals surface area (Å²) in [4.78, 5) is 24.7. The molecule has 1 aliphatic rings. The monoisotopic (exact) mass is 251 g/mol. The van der Waals surface area contributed by atoms with Crippen molar-refractivity contribution in [2.45, 2.75) is 26.3 Å². The van der Waals surface area contributed by atoms with Gasteiger partial charge in [0.15, 0.2) is 0 Å². The largest absolute Gasteiger partial charge is 0.481 e. The van der Waals surface area contributed by atoms with Crippen LogP contribution in [0.3, 0.4) is 0 Å². The lowest BCUT2D eigenvalue weighted by Gasteiger charge is -2.30. The third kappa shape index (κ3) is 2.52. The number of hydrogen-bond donors (Lipinski definition) is 1. The predicted octanol–water partition coefficient (Wildman–Crippen LogP) is 0.840. The summed E-state index contributed by atoms with van der Waals surface area (Å²) >= 11 is 0. The molecule has 6 heteroatoms. The third-order valence-corrected chi connectivity index (χ3v) is 3.24. The van der Waals surface area contributed by atoms with Gasteiger partial charge < -0.3 is 10.0 Å². The molecule has 0 spiro atoms. The number of likely N-dealkylation sites (tertiary alicyclic amines) is 1. The normalized spacial score (nSPS) is 19.8. The number of carbonyl (C=O) groups is 2. The lowest BCUT2D eigenvalue weighted by atomic mass is 9.98. The van der Waals surface area contributed by atoms with E-state index in [4.69, 9.17) is 5.11 Å². The summed E-state index contributed by atoms with van der Waals surface area (Å²) in [6.07, 6.45) is 3.13. The van der Waals surface area contributed by atoms with Crippen molar-refractivity contribution < 1.29 is 14.7 Å². The van der Waals surface area contributed by atoms with Crippen LogP contribution in [0.4, 0.5) is 0 Å². The summed E-state index contributed by atoms with van der Waals surface area (Å²) < 4.78 is 1.69. The summed E-state index contributed by atoms with van der Waals surface area (Å²) in [6, 6.07) is 1.68. The Bertz CT molecular complexity index is 455. The first kappa shape index (κ1) is 12.6. The SMILES string of the molecule is CCn1ccc(C(=O)N2CCCC(C(=O)O)C2)n1. The Morgan fingerprint density at radius 2 is 2.33 bits per heavy atom. The maximum Gasteiger partial charge on any atom is 0.308 e. The molecule has 0 aliphatic carbocycles. The van der Waals surface area contributed by atoms with Gasteiger partial charge in [0.25, 0.3) is 5.91 Å². The molecule has 0 aromatic carbocycles. The van der Waals surface area contributed by atoms with Crippen molar-refractivity contribution in [3.8, 4) is 0 Å². The van der Waals surface area contributed by atoms with E-state index in [2.05, 4.69) is 5.10 Å². The van der Waals surface area contributed by atoms with Crippen LogP contribution in [0.2, 0.25) is 0 Å². The molecule has 18 heavy (non-hydrogen) atoms. The zero-order valence-corrected chi connectivity index (χ0v) is 10.4. The second kappa shape index (κ2) is 5.20. The van der Waals surface area contributed by atoms with E-state index in [0.717, 1.165) is 6.42 Å². The fourth-order valence-corrected chi connectivity index (χ4v) is 2.18.